The number of fused-ring (bicyclic) bond motifs is 1. The number of carbonyl (C=O) groups is 2. The quantitative estimate of drug-likeness (QED) is 0.824. The van der Waals surface area contributed by atoms with Crippen molar-refractivity contribution in [2.45, 2.75) is 38.1 Å². The number of hydrogen-bond acceptors (Lipinski definition) is 4. The zero-order valence-electron chi connectivity index (χ0n) is 12.7. The zero-order valence-corrected chi connectivity index (χ0v) is 13.6. The van der Waals surface area contributed by atoms with E-state index in [1.165, 1.54) is 11.3 Å². The maximum Gasteiger partial charge on any atom is 0.220 e. The van der Waals surface area contributed by atoms with Gasteiger partial charge in [0.25, 0.3) is 0 Å². The molecule has 1 amide bonds. The number of carbonyl (C=O) groups excluding carboxylic acids is 2. The number of amides is 1. The average Bonchev–Trinajstić information content (AvgIpc) is 3.07. The van der Waals surface area contributed by atoms with Gasteiger partial charge in [-0.1, -0.05) is 12.1 Å². The molecule has 120 valence electrons. The van der Waals surface area contributed by atoms with Gasteiger partial charge in [-0.2, -0.15) is 0 Å². The summed E-state index contributed by atoms with van der Waals surface area (Å²) in [5.41, 5.74) is 2.17. The highest BCUT2D eigenvalue weighted by atomic mass is 32.1. The van der Waals surface area contributed by atoms with Crippen LogP contribution in [0.5, 0.6) is 5.75 Å². The summed E-state index contributed by atoms with van der Waals surface area (Å²) in [6.07, 6.45) is 3.24. The summed E-state index contributed by atoms with van der Waals surface area (Å²) < 4.78 is 0. The molecule has 0 saturated heterocycles. The summed E-state index contributed by atoms with van der Waals surface area (Å²) >= 11 is 1.41. The van der Waals surface area contributed by atoms with Crippen molar-refractivity contribution in [1.82, 2.24) is 5.32 Å². The Hall–Kier alpha value is -2.14. The van der Waals surface area contributed by atoms with E-state index in [4.69, 9.17) is 0 Å². The van der Waals surface area contributed by atoms with Crippen LogP contribution < -0.4 is 5.32 Å². The molecule has 2 N–H and O–H groups in total. The average molecular weight is 329 g/mol. The Morgan fingerprint density at radius 3 is 2.91 bits per heavy atom. The monoisotopic (exact) mass is 329 g/mol. The van der Waals surface area contributed by atoms with E-state index in [-0.39, 0.29) is 36.3 Å². The van der Waals surface area contributed by atoms with Crippen molar-refractivity contribution >= 4 is 23.0 Å². The fourth-order valence-electron chi connectivity index (χ4n) is 3.00. The van der Waals surface area contributed by atoms with Gasteiger partial charge in [0.2, 0.25) is 5.91 Å². The Labute approximate surface area is 139 Å². The first-order valence-corrected chi connectivity index (χ1v) is 8.69. The van der Waals surface area contributed by atoms with Gasteiger partial charge in [0, 0.05) is 12.8 Å². The van der Waals surface area contributed by atoms with Gasteiger partial charge in [0.05, 0.1) is 10.9 Å². The van der Waals surface area contributed by atoms with Crippen LogP contribution in [0, 0.1) is 0 Å². The van der Waals surface area contributed by atoms with E-state index in [1.54, 1.807) is 18.2 Å². The molecule has 1 aliphatic carbocycles. The maximum absolute atomic E-state index is 12.2. The Bertz CT molecular complexity index is 709. The Morgan fingerprint density at radius 2 is 2.13 bits per heavy atom. The van der Waals surface area contributed by atoms with Crippen LogP contribution in [0.2, 0.25) is 0 Å². The van der Waals surface area contributed by atoms with Crippen molar-refractivity contribution in [1.29, 1.82) is 0 Å². The van der Waals surface area contributed by atoms with Crippen LogP contribution in [0.15, 0.2) is 35.7 Å². The summed E-state index contributed by atoms with van der Waals surface area (Å²) in [6, 6.07) is 8.91. The molecule has 1 aromatic heterocycles. The van der Waals surface area contributed by atoms with Crippen molar-refractivity contribution in [3.63, 3.8) is 0 Å². The van der Waals surface area contributed by atoms with Crippen molar-refractivity contribution in [2.75, 3.05) is 0 Å². The molecule has 1 aromatic carbocycles. The number of phenolic OH excluding ortho intramolecular Hbond substituents is 1. The standard InChI is InChI=1S/C18H19NO3S/c20-13-6-7-14-12(11-13)3-1-4-15(14)19-18(22)9-8-16(21)17-5-2-10-23-17/h2,5-7,10-11,15,20H,1,3-4,8-9H2,(H,19,22). The van der Waals surface area contributed by atoms with E-state index < -0.39 is 0 Å². The normalized spacial score (nSPS) is 16.6. The molecule has 0 radical (unpaired) electrons. The summed E-state index contributed by atoms with van der Waals surface area (Å²) in [5.74, 6) is 0.183. The molecular formula is C18H19NO3S. The number of thiophene rings is 1. The van der Waals surface area contributed by atoms with E-state index in [0.29, 0.717) is 4.88 Å². The molecule has 0 spiro atoms. The van der Waals surface area contributed by atoms with Crippen LogP contribution in [0.3, 0.4) is 0 Å². The zero-order chi connectivity index (χ0) is 16.2. The lowest BCUT2D eigenvalue weighted by atomic mass is 9.87. The van der Waals surface area contributed by atoms with E-state index in [2.05, 4.69) is 5.32 Å². The molecule has 0 aliphatic heterocycles. The van der Waals surface area contributed by atoms with Gasteiger partial charge in [-0.05, 0) is 54.0 Å². The minimum absolute atomic E-state index is 0.0177. The number of aryl methyl sites for hydroxylation is 1. The second-order valence-electron chi connectivity index (χ2n) is 5.80. The van der Waals surface area contributed by atoms with Crippen LogP contribution in [0.25, 0.3) is 0 Å². The lowest BCUT2D eigenvalue weighted by Gasteiger charge is -2.26. The summed E-state index contributed by atoms with van der Waals surface area (Å²) in [5, 5.41) is 14.5. The molecule has 5 heteroatoms. The SMILES string of the molecule is O=C(CCC(=O)c1cccs1)NC1CCCc2cc(O)ccc21. The number of phenols is 1. The molecule has 2 aromatic rings. The highest BCUT2D eigenvalue weighted by Gasteiger charge is 2.22. The smallest absolute Gasteiger partial charge is 0.220 e. The lowest BCUT2D eigenvalue weighted by molar-refractivity contribution is -0.121. The predicted molar refractivity (Wildman–Crippen MR) is 89.8 cm³/mol. The first kappa shape index (κ1) is 15.7. The fraction of sp³-hybridized carbons (Fsp3) is 0.333. The van der Waals surface area contributed by atoms with Gasteiger partial charge in [0.1, 0.15) is 5.75 Å². The van der Waals surface area contributed by atoms with Crippen LogP contribution in [0.1, 0.15) is 52.5 Å². The minimum atomic E-state index is -0.0965. The molecule has 23 heavy (non-hydrogen) atoms. The van der Waals surface area contributed by atoms with E-state index in [0.717, 1.165) is 30.4 Å². The molecule has 1 aliphatic rings. The third-order valence-electron chi connectivity index (χ3n) is 4.15. The second-order valence-corrected chi connectivity index (χ2v) is 6.74. The number of hydrogen-bond donors (Lipinski definition) is 2. The molecule has 4 nitrogen and oxygen atoms in total. The van der Waals surface area contributed by atoms with E-state index in [1.807, 2.05) is 17.5 Å². The lowest BCUT2D eigenvalue weighted by Crippen LogP contribution is -2.31. The molecule has 1 unspecified atom stereocenters. The topological polar surface area (TPSA) is 66.4 Å². The molecule has 3 rings (SSSR count). The van der Waals surface area contributed by atoms with Gasteiger partial charge >= 0.3 is 0 Å². The molecular weight excluding hydrogens is 310 g/mol. The third kappa shape index (κ3) is 3.79. The van der Waals surface area contributed by atoms with Gasteiger partial charge < -0.3 is 10.4 Å². The number of rotatable bonds is 5. The maximum atomic E-state index is 12.2. The highest BCUT2D eigenvalue weighted by molar-refractivity contribution is 7.12. The van der Waals surface area contributed by atoms with E-state index >= 15 is 0 Å². The molecule has 0 bridgehead atoms. The minimum Gasteiger partial charge on any atom is -0.508 e. The highest BCUT2D eigenvalue weighted by Crippen LogP contribution is 2.31. The van der Waals surface area contributed by atoms with Crippen molar-refractivity contribution in [3.8, 4) is 5.75 Å². The number of aromatic hydroxyl groups is 1. The Kier molecular flexibility index (Phi) is 4.76. The predicted octanol–water partition coefficient (Wildman–Crippen LogP) is 3.61. The van der Waals surface area contributed by atoms with Crippen molar-refractivity contribution in [3.05, 3.63) is 51.7 Å². The van der Waals surface area contributed by atoms with Gasteiger partial charge in [-0.15, -0.1) is 11.3 Å². The van der Waals surface area contributed by atoms with Crippen LogP contribution in [-0.2, 0) is 11.2 Å². The van der Waals surface area contributed by atoms with Crippen LogP contribution in [-0.4, -0.2) is 16.8 Å². The van der Waals surface area contributed by atoms with Crippen molar-refractivity contribution in [2.24, 2.45) is 0 Å². The van der Waals surface area contributed by atoms with Gasteiger partial charge in [-0.25, -0.2) is 0 Å². The first-order chi connectivity index (χ1) is 11.1. The van der Waals surface area contributed by atoms with Gasteiger partial charge in [-0.3, -0.25) is 9.59 Å². The molecule has 1 atom stereocenters. The Balaban J connectivity index is 1.58. The first-order valence-electron chi connectivity index (χ1n) is 7.81. The third-order valence-corrected chi connectivity index (χ3v) is 5.06. The largest absolute Gasteiger partial charge is 0.508 e. The second kappa shape index (κ2) is 6.96. The van der Waals surface area contributed by atoms with E-state index in [9.17, 15) is 14.7 Å². The molecule has 0 saturated carbocycles. The Morgan fingerprint density at radius 1 is 1.26 bits per heavy atom. The molecule has 0 fully saturated rings. The van der Waals surface area contributed by atoms with Gasteiger partial charge in [0.15, 0.2) is 5.78 Å². The summed E-state index contributed by atoms with van der Waals surface area (Å²) in [6.45, 7) is 0. The number of nitrogens with one attached hydrogen (secondary N) is 1. The number of ketones is 1. The van der Waals surface area contributed by atoms with Crippen LogP contribution in [0.4, 0.5) is 0 Å². The summed E-state index contributed by atoms with van der Waals surface area (Å²) in [4.78, 5) is 24.8. The number of benzene rings is 1. The summed E-state index contributed by atoms with van der Waals surface area (Å²) in [7, 11) is 0. The van der Waals surface area contributed by atoms with Crippen LogP contribution >= 0.6 is 11.3 Å². The number of Topliss-reactive ketones (excluding diaryl/α,β-unsaturated/α-hetero) is 1. The van der Waals surface area contributed by atoms with Crippen molar-refractivity contribution < 1.29 is 14.7 Å². The molecule has 1 heterocycles. The fourth-order valence-corrected chi connectivity index (χ4v) is 3.70.